The van der Waals surface area contributed by atoms with Gasteiger partial charge in [0.25, 0.3) is 0 Å². The molecule has 6 heteroatoms. The first-order valence-corrected chi connectivity index (χ1v) is 5.69. The van der Waals surface area contributed by atoms with E-state index in [1.54, 1.807) is 14.2 Å². The van der Waals surface area contributed by atoms with Crippen LogP contribution in [0.15, 0.2) is 0 Å². The van der Waals surface area contributed by atoms with Crippen molar-refractivity contribution in [2.24, 2.45) is 0 Å². The number of hydrogen-bond acceptors (Lipinski definition) is 5. The van der Waals surface area contributed by atoms with Crippen molar-refractivity contribution in [2.75, 3.05) is 53.8 Å². The Kier molecular flexibility index (Phi) is 6.43. The molecule has 1 heterocycles. The minimum atomic E-state index is -0.373. The molecule has 0 aromatic rings. The van der Waals surface area contributed by atoms with Gasteiger partial charge in [0.1, 0.15) is 12.2 Å². The molecule has 1 fully saturated rings. The van der Waals surface area contributed by atoms with E-state index >= 15 is 0 Å². The first-order valence-electron chi connectivity index (χ1n) is 5.69. The number of carbonyl (C=O) groups is 1. The number of methoxy groups -OCH3 is 2. The highest BCUT2D eigenvalue weighted by molar-refractivity contribution is 5.77. The maximum absolute atomic E-state index is 11.4. The van der Waals surface area contributed by atoms with Gasteiger partial charge in [-0.25, -0.2) is 0 Å². The van der Waals surface area contributed by atoms with Gasteiger partial charge >= 0.3 is 0 Å². The standard InChI is InChI=1S/C11H21NO5/c1-14-5-6-16-7-10(13)12-8-11(15-2)3-4-17-9-11/h3-9H2,1-2H3,(H,12,13). The van der Waals surface area contributed by atoms with Crippen molar-refractivity contribution < 1.29 is 23.7 Å². The predicted molar refractivity (Wildman–Crippen MR) is 60.9 cm³/mol. The first-order chi connectivity index (χ1) is 8.22. The minimum absolute atomic E-state index is 0.0456. The van der Waals surface area contributed by atoms with Gasteiger partial charge in [-0.15, -0.1) is 0 Å². The van der Waals surface area contributed by atoms with E-state index in [0.29, 0.717) is 33.0 Å². The summed E-state index contributed by atoms with van der Waals surface area (Å²) >= 11 is 0. The van der Waals surface area contributed by atoms with Crippen LogP contribution in [0.1, 0.15) is 6.42 Å². The molecule has 1 aliphatic heterocycles. The van der Waals surface area contributed by atoms with Gasteiger partial charge in [0.2, 0.25) is 5.91 Å². The largest absolute Gasteiger partial charge is 0.382 e. The van der Waals surface area contributed by atoms with Crippen LogP contribution in [0, 0.1) is 0 Å². The number of ether oxygens (including phenoxy) is 4. The fourth-order valence-electron chi connectivity index (χ4n) is 1.58. The summed E-state index contributed by atoms with van der Waals surface area (Å²) in [6.07, 6.45) is 0.800. The Bertz CT molecular complexity index is 228. The molecule has 0 aromatic heterocycles. The molecule has 6 nitrogen and oxygen atoms in total. The Morgan fingerprint density at radius 3 is 2.82 bits per heavy atom. The van der Waals surface area contributed by atoms with Gasteiger partial charge in [0.05, 0.1) is 19.8 Å². The van der Waals surface area contributed by atoms with Gasteiger partial charge in [-0.3, -0.25) is 4.79 Å². The van der Waals surface area contributed by atoms with Crippen LogP contribution in [0.25, 0.3) is 0 Å². The molecule has 1 N–H and O–H groups in total. The van der Waals surface area contributed by atoms with Crippen LogP contribution >= 0.6 is 0 Å². The second kappa shape index (κ2) is 7.60. The average molecular weight is 247 g/mol. The molecule has 0 saturated carbocycles. The van der Waals surface area contributed by atoms with Gasteiger partial charge in [0.15, 0.2) is 0 Å². The molecule has 1 atom stereocenters. The van der Waals surface area contributed by atoms with Crippen molar-refractivity contribution in [1.29, 1.82) is 0 Å². The summed E-state index contributed by atoms with van der Waals surface area (Å²) < 4.78 is 20.6. The fraction of sp³-hybridized carbons (Fsp3) is 0.909. The van der Waals surface area contributed by atoms with Crippen molar-refractivity contribution in [2.45, 2.75) is 12.0 Å². The van der Waals surface area contributed by atoms with Gasteiger partial charge in [0, 0.05) is 33.8 Å². The highest BCUT2D eigenvalue weighted by atomic mass is 16.6. The van der Waals surface area contributed by atoms with Crippen LogP contribution in [-0.2, 0) is 23.7 Å². The summed E-state index contributed by atoms with van der Waals surface area (Å²) in [6, 6.07) is 0. The van der Waals surface area contributed by atoms with Gasteiger partial charge in [-0.2, -0.15) is 0 Å². The topological polar surface area (TPSA) is 66.0 Å². The van der Waals surface area contributed by atoms with E-state index in [0.717, 1.165) is 6.42 Å². The molecule has 1 aliphatic rings. The Labute approximate surface area is 102 Å². The molecule has 1 unspecified atom stereocenters. The number of hydrogen-bond donors (Lipinski definition) is 1. The zero-order chi connectivity index (χ0) is 12.6. The van der Waals surface area contributed by atoms with E-state index in [4.69, 9.17) is 18.9 Å². The Morgan fingerprint density at radius 1 is 1.41 bits per heavy atom. The van der Waals surface area contributed by atoms with E-state index in [9.17, 15) is 4.79 Å². The molecule has 1 rings (SSSR count). The molecular weight excluding hydrogens is 226 g/mol. The van der Waals surface area contributed by atoms with Crippen LogP contribution < -0.4 is 5.32 Å². The quantitative estimate of drug-likeness (QED) is 0.590. The number of nitrogens with one attached hydrogen (secondary N) is 1. The summed E-state index contributed by atoms with van der Waals surface area (Å²) in [6.45, 7) is 2.61. The molecule has 1 saturated heterocycles. The molecule has 17 heavy (non-hydrogen) atoms. The lowest BCUT2D eigenvalue weighted by Gasteiger charge is -2.25. The van der Waals surface area contributed by atoms with Crippen LogP contribution in [0.3, 0.4) is 0 Å². The van der Waals surface area contributed by atoms with Crippen molar-refractivity contribution in [3.05, 3.63) is 0 Å². The smallest absolute Gasteiger partial charge is 0.246 e. The van der Waals surface area contributed by atoms with E-state index in [-0.39, 0.29) is 18.1 Å². The zero-order valence-electron chi connectivity index (χ0n) is 10.5. The maximum atomic E-state index is 11.4. The first kappa shape index (κ1) is 14.4. The van der Waals surface area contributed by atoms with Crippen LogP contribution in [-0.4, -0.2) is 65.3 Å². The second-order valence-corrected chi connectivity index (χ2v) is 4.01. The molecule has 0 spiro atoms. The van der Waals surface area contributed by atoms with E-state index in [1.165, 1.54) is 0 Å². The van der Waals surface area contributed by atoms with Crippen LogP contribution in [0.2, 0.25) is 0 Å². The van der Waals surface area contributed by atoms with Crippen molar-refractivity contribution >= 4 is 5.91 Å². The van der Waals surface area contributed by atoms with Crippen molar-refractivity contribution in [1.82, 2.24) is 5.32 Å². The molecule has 1 amide bonds. The molecule has 0 aliphatic carbocycles. The second-order valence-electron chi connectivity index (χ2n) is 4.01. The van der Waals surface area contributed by atoms with Crippen molar-refractivity contribution in [3.8, 4) is 0 Å². The third-order valence-electron chi connectivity index (χ3n) is 2.77. The number of amides is 1. The van der Waals surface area contributed by atoms with E-state index < -0.39 is 0 Å². The molecule has 0 bridgehead atoms. The summed E-state index contributed by atoms with van der Waals surface area (Å²) in [7, 11) is 3.22. The summed E-state index contributed by atoms with van der Waals surface area (Å²) in [5, 5.41) is 2.78. The lowest BCUT2D eigenvalue weighted by Crippen LogP contribution is -2.45. The molecule has 0 aromatic carbocycles. The summed E-state index contributed by atoms with van der Waals surface area (Å²) in [5.74, 6) is -0.149. The average Bonchev–Trinajstić information content (AvgIpc) is 2.82. The Morgan fingerprint density at radius 2 is 2.24 bits per heavy atom. The zero-order valence-corrected chi connectivity index (χ0v) is 10.5. The normalized spacial score (nSPS) is 23.9. The van der Waals surface area contributed by atoms with Gasteiger partial charge < -0.3 is 24.3 Å². The van der Waals surface area contributed by atoms with Crippen LogP contribution in [0.5, 0.6) is 0 Å². The third-order valence-corrected chi connectivity index (χ3v) is 2.77. The fourth-order valence-corrected chi connectivity index (χ4v) is 1.58. The molecular formula is C11H21NO5. The highest BCUT2D eigenvalue weighted by Gasteiger charge is 2.35. The molecule has 0 radical (unpaired) electrons. The number of carbonyl (C=O) groups excluding carboxylic acids is 1. The third kappa shape index (κ3) is 4.99. The highest BCUT2D eigenvalue weighted by Crippen LogP contribution is 2.21. The summed E-state index contributed by atoms with van der Waals surface area (Å²) in [4.78, 5) is 11.4. The van der Waals surface area contributed by atoms with E-state index in [1.807, 2.05) is 0 Å². The van der Waals surface area contributed by atoms with Gasteiger partial charge in [-0.1, -0.05) is 0 Å². The van der Waals surface area contributed by atoms with E-state index in [2.05, 4.69) is 5.32 Å². The van der Waals surface area contributed by atoms with Crippen LogP contribution in [0.4, 0.5) is 0 Å². The lowest BCUT2D eigenvalue weighted by atomic mass is 10.0. The Balaban J connectivity index is 2.14. The maximum Gasteiger partial charge on any atom is 0.246 e. The monoisotopic (exact) mass is 247 g/mol. The number of rotatable bonds is 8. The lowest BCUT2D eigenvalue weighted by molar-refractivity contribution is -0.127. The SMILES string of the molecule is COCCOCC(=O)NCC1(OC)CCOC1. The summed E-state index contributed by atoms with van der Waals surface area (Å²) in [5.41, 5.74) is -0.373. The van der Waals surface area contributed by atoms with Gasteiger partial charge in [-0.05, 0) is 0 Å². The predicted octanol–water partition coefficient (Wildman–Crippen LogP) is -0.429. The Hall–Kier alpha value is -0.690. The minimum Gasteiger partial charge on any atom is -0.382 e. The molecule has 100 valence electrons. The van der Waals surface area contributed by atoms with Crippen molar-refractivity contribution in [3.63, 3.8) is 0 Å².